The Morgan fingerprint density at radius 1 is 1.38 bits per heavy atom. The van der Waals surface area contributed by atoms with Gasteiger partial charge in [0.15, 0.2) is 0 Å². The van der Waals surface area contributed by atoms with Crippen molar-refractivity contribution in [3.8, 4) is 5.75 Å². The van der Waals surface area contributed by atoms with Crippen LogP contribution in [0.25, 0.3) is 10.9 Å². The van der Waals surface area contributed by atoms with Crippen molar-refractivity contribution >= 4 is 10.9 Å². The maximum absolute atomic E-state index is 11.1. The summed E-state index contributed by atoms with van der Waals surface area (Å²) in [6, 6.07) is 6.68. The van der Waals surface area contributed by atoms with E-state index in [4.69, 9.17) is 0 Å². The van der Waals surface area contributed by atoms with Crippen molar-refractivity contribution in [1.29, 1.82) is 0 Å². The van der Waals surface area contributed by atoms with Crippen molar-refractivity contribution in [1.82, 2.24) is 4.98 Å². The number of fused-ring (bicyclic) bond motifs is 1. The number of H-pyrrole nitrogens is 1. The average Bonchev–Trinajstić information content (AvgIpc) is 2.07. The summed E-state index contributed by atoms with van der Waals surface area (Å²) in [4.78, 5) is 13.7. The van der Waals surface area contributed by atoms with Crippen LogP contribution >= 0.6 is 0 Å². The maximum atomic E-state index is 11.1. The lowest BCUT2D eigenvalue weighted by molar-refractivity contribution is 0.480. The van der Waals surface area contributed by atoms with E-state index in [1.54, 1.807) is 12.1 Å². The van der Waals surface area contributed by atoms with Gasteiger partial charge in [-0.05, 0) is 18.6 Å². The van der Waals surface area contributed by atoms with Crippen molar-refractivity contribution in [3.05, 3.63) is 40.2 Å². The summed E-state index contributed by atoms with van der Waals surface area (Å²) in [6.45, 7) is 1.84. The van der Waals surface area contributed by atoms with Crippen molar-refractivity contribution in [2.75, 3.05) is 0 Å². The van der Waals surface area contributed by atoms with Gasteiger partial charge in [-0.2, -0.15) is 0 Å². The molecule has 0 aliphatic carbocycles. The summed E-state index contributed by atoms with van der Waals surface area (Å²) in [5, 5.41) is 10.3. The molecule has 0 unspecified atom stereocenters. The number of aromatic amines is 1. The Kier molecular flexibility index (Phi) is 1.59. The highest BCUT2D eigenvalue weighted by Gasteiger charge is 2.02. The first-order valence-electron chi connectivity index (χ1n) is 4.00. The van der Waals surface area contributed by atoms with E-state index < -0.39 is 0 Å². The highest BCUT2D eigenvalue weighted by Crippen LogP contribution is 2.22. The number of para-hydroxylation sites is 1. The number of hydrogen-bond donors (Lipinski definition) is 2. The summed E-state index contributed by atoms with van der Waals surface area (Å²) in [6.07, 6.45) is 0. The van der Waals surface area contributed by atoms with Crippen LogP contribution in [0, 0.1) is 6.92 Å². The van der Waals surface area contributed by atoms with Crippen molar-refractivity contribution in [2.24, 2.45) is 0 Å². The molecule has 0 fully saturated rings. The lowest BCUT2D eigenvalue weighted by Crippen LogP contribution is -2.04. The standard InChI is InChI=1S/C10H9NO2/c1-6-5-9(13)11-10-7(6)3-2-4-8(10)12/h2-5,12H,1H3,(H,11,13). The van der Waals surface area contributed by atoms with Crippen LogP contribution in [-0.2, 0) is 0 Å². The molecule has 0 aliphatic heterocycles. The molecule has 0 amide bonds. The van der Waals surface area contributed by atoms with Crippen molar-refractivity contribution in [2.45, 2.75) is 6.92 Å². The highest BCUT2D eigenvalue weighted by molar-refractivity contribution is 5.86. The van der Waals surface area contributed by atoms with E-state index in [-0.39, 0.29) is 11.3 Å². The molecule has 3 heteroatoms. The largest absolute Gasteiger partial charge is 0.506 e. The number of pyridine rings is 1. The predicted octanol–water partition coefficient (Wildman–Crippen LogP) is 1.54. The third-order valence-electron chi connectivity index (χ3n) is 2.06. The second kappa shape index (κ2) is 2.62. The predicted molar refractivity (Wildman–Crippen MR) is 51.0 cm³/mol. The summed E-state index contributed by atoms with van der Waals surface area (Å²) >= 11 is 0. The van der Waals surface area contributed by atoms with Crippen LogP contribution in [0.1, 0.15) is 5.56 Å². The summed E-state index contributed by atoms with van der Waals surface area (Å²) in [5.41, 5.74) is 1.19. The van der Waals surface area contributed by atoms with Crippen LogP contribution in [0.3, 0.4) is 0 Å². The zero-order chi connectivity index (χ0) is 9.42. The van der Waals surface area contributed by atoms with Gasteiger partial charge in [0.05, 0.1) is 5.52 Å². The molecule has 0 saturated carbocycles. The van der Waals surface area contributed by atoms with E-state index in [2.05, 4.69) is 4.98 Å². The third kappa shape index (κ3) is 1.18. The second-order valence-electron chi connectivity index (χ2n) is 3.02. The number of aromatic hydroxyl groups is 1. The minimum atomic E-state index is -0.188. The van der Waals surface area contributed by atoms with Gasteiger partial charge >= 0.3 is 0 Å². The zero-order valence-electron chi connectivity index (χ0n) is 7.16. The Labute approximate surface area is 74.7 Å². The summed E-state index contributed by atoms with van der Waals surface area (Å²) in [7, 11) is 0. The number of benzene rings is 1. The van der Waals surface area contributed by atoms with Gasteiger partial charge in [-0.25, -0.2) is 0 Å². The Bertz CT molecular complexity index is 514. The lowest BCUT2D eigenvalue weighted by atomic mass is 10.1. The number of nitrogens with one attached hydrogen (secondary N) is 1. The van der Waals surface area contributed by atoms with Crippen LogP contribution < -0.4 is 5.56 Å². The number of phenolic OH excluding ortho intramolecular Hbond substituents is 1. The second-order valence-corrected chi connectivity index (χ2v) is 3.02. The first-order chi connectivity index (χ1) is 6.18. The third-order valence-corrected chi connectivity index (χ3v) is 2.06. The number of rotatable bonds is 0. The molecule has 0 radical (unpaired) electrons. The molecule has 1 aromatic carbocycles. The molecular formula is C10H9NO2. The molecular weight excluding hydrogens is 166 g/mol. The number of aromatic nitrogens is 1. The molecule has 1 aromatic heterocycles. The average molecular weight is 175 g/mol. The van der Waals surface area contributed by atoms with Crippen molar-refractivity contribution in [3.63, 3.8) is 0 Å². The van der Waals surface area contributed by atoms with Gasteiger partial charge < -0.3 is 10.1 Å². The van der Waals surface area contributed by atoms with Gasteiger partial charge in [0.1, 0.15) is 5.75 Å². The van der Waals surface area contributed by atoms with Crippen LogP contribution in [0.15, 0.2) is 29.1 Å². The summed E-state index contributed by atoms with van der Waals surface area (Å²) < 4.78 is 0. The van der Waals surface area contributed by atoms with E-state index in [1.165, 1.54) is 6.07 Å². The number of aryl methyl sites for hydroxylation is 1. The molecule has 3 nitrogen and oxygen atoms in total. The minimum Gasteiger partial charge on any atom is -0.506 e. The van der Waals surface area contributed by atoms with Crippen LogP contribution in [0.4, 0.5) is 0 Å². The maximum Gasteiger partial charge on any atom is 0.248 e. The fraction of sp³-hybridized carbons (Fsp3) is 0.100. The fourth-order valence-corrected chi connectivity index (χ4v) is 1.43. The minimum absolute atomic E-state index is 0.110. The molecule has 66 valence electrons. The van der Waals surface area contributed by atoms with E-state index in [9.17, 15) is 9.90 Å². The van der Waals surface area contributed by atoms with E-state index >= 15 is 0 Å². The van der Waals surface area contributed by atoms with Crippen LogP contribution in [-0.4, -0.2) is 10.1 Å². The Morgan fingerprint density at radius 2 is 2.15 bits per heavy atom. The molecule has 13 heavy (non-hydrogen) atoms. The molecule has 0 atom stereocenters. The number of phenols is 1. The number of hydrogen-bond acceptors (Lipinski definition) is 2. The quantitative estimate of drug-likeness (QED) is 0.638. The van der Waals surface area contributed by atoms with Gasteiger partial charge in [0.2, 0.25) is 5.56 Å². The van der Waals surface area contributed by atoms with E-state index in [1.807, 2.05) is 13.0 Å². The van der Waals surface area contributed by atoms with Gasteiger partial charge in [-0.3, -0.25) is 4.79 Å². The lowest BCUT2D eigenvalue weighted by Gasteiger charge is -2.02. The smallest absolute Gasteiger partial charge is 0.248 e. The van der Waals surface area contributed by atoms with Gasteiger partial charge in [0, 0.05) is 11.5 Å². The SMILES string of the molecule is Cc1cc(=O)[nH]c2c(O)cccc12. The van der Waals surface area contributed by atoms with Crippen LogP contribution in [0.2, 0.25) is 0 Å². The Balaban J connectivity index is 3.03. The fourth-order valence-electron chi connectivity index (χ4n) is 1.43. The molecule has 0 spiro atoms. The first-order valence-corrected chi connectivity index (χ1v) is 4.00. The monoisotopic (exact) mass is 175 g/mol. The van der Waals surface area contributed by atoms with Gasteiger partial charge in [-0.15, -0.1) is 0 Å². The Morgan fingerprint density at radius 3 is 2.92 bits per heavy atom. The molecule has 0 aliphatic rings. The first kappa shape index (κ1) is 7.86. The van der Waals surface area contributed by atoms with Gasteiger partial charge in [-0.1, -0.05) is 12.1 Å². The molecule has 0 bridgehead atoms. The highest BCUT2D eigenvalue weighted by atomic mass is 16.3. The Hall–Kier alpha value is -1.77. The molecule has 2 aromatic rings. The molecule has 2 rings (SSSR count). The van der Waals surface area contributed by atoms with E-state index in [0.29, 0.717) is 5.52 Å². The van der Waals surface area contributed by atoms with Gasteiger partial charge in [0.25, 0.3) is 0 Å². The summed E-state index contributed by atoms with van der Waals surface area (Å²) in [5.74, 6) is 0.110. The normalized spacial score (nSPS) is 10.5. The van der Waals surface area contributed by atoms with E-state index in [0.717, 1.165) is 10.9 Å². The molecule has 2 N–H and O–H groups in total. The molecule has 0 saturated heterocycles. The molecule has 1 heterocycles. The van der Waals surface area contributed by atoms with Crippen LogP contribution in [0.5, 0.6) is 5.75 Å². The van der Waals surface area contributed by atoms with Crippen molar-refractivity contribution < 1.29 is 5.11 Å². The zero-order valence-corrected chi connectivity index (χ0v) is 7.16. The topological polar surface area (TPSA) is 53.1 Å².